The van der Waals surface area contributed by atoms with Crippen molar-refractivity contribution in [3.63, 3.8) is 0 Å². The highest BCUT2D eigenvalue weighted by Crippen LogP contribution is 2.16. The number of carbonyl (C=O) groups is 2. The molecule has 0 aliphatic heterocycles. The number of hydrogen-bond acceptors (Lipinski definition) is 8. The van der Waals surface area contributed by atoms with Crippen LogP contribution >= 0.6 is 0 Å². The minimum atomic E-state index is -1.02. The molecule has 0 fully saturated rings. The molecule has 0 aliphatic rings. The molecule has 4 unspecified atom stereocenters. The fraction of sp³-hybridized carbons (Fsp3) is 0.825. The molecule has 380 valence electrons. The van der Waals surface area contributed by atoms with Crippen LogP contribution in [0, 0.1) is 0 Å². The van der Waals surface area contributed by atoms with E-state index in [-0.39, 0.29) is 37.4 Å². The Labute approximate surface area is 400 Å². The Hall–Kier alpha value is -2.26. The minimum Gasteiger partial charge on any atom is -0.463 e. The highest BCUT2D eigenvalue weighted by molar-refractivity contribution is 5.69. The summed E-state index contributed by atoms with van der Waals surface area (Å²) >= 11 is 0. The molecule has 3 N–H and O–H groups in total. The summed E-state index contributed by atoms with van der Waals surface area (Å²) in [6, 6.07) is 0. The van der Waals surface area contributed by atoms with Crippen LogP contribution < -0.4 is 0 Å². The van der Waals surface area contributed by atoms with Crippen molar-refractivity contribution in [3.05, 3.63) is 48.6 Å². The number of aliphatic hydroxyl groups is 3. The molecule has 0 spiro atoms. The summed E-state index contributed by atoms with van der Waals surface area (Å²) < 4.78 is 17.0. The average Bonchev–Trinajstić information content (AvgIpc) is 3.30. The van der Waals surface area contributed by atoms with Crippen LogP contribution in [-0.2, 0) is 23.8 Å². The Morgan fingerprint density at radius 1 is 0.400 bits per heavy atom. The number of hydrogen-bond donors (Lipinski definition) is 3. The van der Waals surface area contributed by atoms with E-state index >= 15 is 0 Å². The van der Waals surface area contributed by atoms with Crippen LogP contribution in [-0.4, -0.2) is 65.1 Å². The summed E-state index contributed by atoms with van der Waals surface area (Å²) in [5.41, 5.74) is 0. The summed E-state index contributed by atoms with van der Waals surface area (Å²) in [6.45, 7) is 6.52. The summed E-state index contributed by atoms with van der Waals surface area (Å²) in [4.78, 5) is 25.3. The highest BCUT2D eigenvalue weighted by atomic mass is 16.6. The van der Waals surface area contributed by atoms with E-state index in [0.717, 1.165) is 161 Å². The number of allylic oxidation sites excluding steroid dienone is 6. The third kappa shape index (κ3) is 49.5. The molecular weight excluding hydrogens is 813 g/mol. The highest BCUT2D eigenvalue weighted by Gasteiger charge is 2.19. The van der Waals surface area contributed by atoms with Crippen LogP contribution in [0.5, 0.6) is 0 Å². The maximum atomic E-state index is 12.6. The van der Waals surface area contributed by atoms with Gasteiger partial charge in [-0.2, -0.15) is 0 Å². The molecule has 4 atom stereocenters. The van der Waals surface area contributed by atoms with Crippen LogP contribution in [0.2, 0.25) is 0 Å². The lowest BCUT2D eigenvalue weighted by atomic mass is 10.1. The van der Waals surface area contributed by atoms with E-state index in [1.165, 1.54) is 64.2 Å². The van der Waals surface area contributed by atoms with Gasteiger partial charge in [-0.05, 0) is 109 Å². The molecule has 0 aromatic heterocycles. The number of carbonyl (C=O) groups excluding carboxylic acids is 2. The number of ether oxygens (including phenoxy) is 3. The molecule has 65 heavy (non-hydrogen) atoms. The van der Waals surface area contributed by atoms with Gasteiger partial charge in [-0.15, -0.1) is 0 Å². The SMILES string of the molecule is CCCCCC=CCC=CCCCCCCCC(=O)OCC(COC(=O)CCCCCCCC=CCC(O)CCCCCC)OC(O)CCCCCCCC=CCC(O)CCCCCC. The summed E-state index contributed by atoms with van der Waals surface area (Å²) in [6.07, 6.45) is 53.9. The maximum Gasteiger partial charge on any atom is 0.305 e. The van der Waals surface area contributed by atoms with E-state index in [1.807, 2.05) is 0 Å². The van der Waals surface area contributed by atoms with Crippen LogP contribution in [0.1, 0.15) is 265 Å². The molecule has 0 aromatic rings. The largest absolute Gasteiger partial charge is 0.463 e. The van der Waals surface area contributed by atoms with Gasteiger partial charge in [0.15, 0.2) is 6.29 Å². The van der Waals surface area contributed by atoms with Gasteiger partial charge in [0, 0.05) is 12.8 Å². The fourth-order valence-corrected chi connectivity index (χ4v) is 7.78. The van der Waals surface area contributed by atoms with Gasteiger partial charge < -0.3 is 29.5 Å². The van der Waals surface area contributed by atoms with Gasteiger partial charge in [0.05, 0.1) is 12.2 Å². The Morgan fingerprint density at radius 2 is 0.738 bits per heavy atom. The van der Waals surface area contributed by atoms with E-state index in [9.17, 15) is 24.9 Å². The Balaban J connectivity index is 4.49. The van der Waals surface area contributed by atoms with Crippen LogP contribution in [0.4, 0.5) is 0 Å². The Kier molecular flexibility index (Phi) is 49.4. The van der Waals surface area contributed by atoms with Crippen molar-refractivity contribution >= 4 is 11.9 Å². The van der Waals surface area contributed by atoms with Gasteiger partial charge in [-0.3, -0.25) is 9.59 Å². The van der Waals surface area contributed by atoms with Gasteiger partial charge in [-0.25, -0.2) is 0 Å². The number of unbranched alkanes of at least 4 members (excludes halogenated alkanes) is 24. The van der Waals surface area contributed by atoms with E-state index in [1.54, 1.807) is 0 Å². The average molecular weight is 917 g/mol. The van der Waals surface area contributed by atoms with Crippen molar-refractivity contribution in [3.8, 4) is 0 Å². The predicted molar refractivity (Wildman–Crippen MR) is 274 cm³/mol. The molecule has 0 rings (SSSR count). The first kappa shape index (κ1) is 62.7. The maximum absolute atomic E-state index is 12.6. The van der Waals surface area contributed by atoms with Crippen molar-refractivity contribution in [1.82, 2.24) is 0 Å². The van der Waals surface area contributed by atoms with Gasteiger partial charge >= 0.3 is 11.9 Å². The van der Waals surface area contributed by atoms with Crippen molar-refractivity contribution in [2.24, 2.45) is 0 Å². The van der Waals surface area contributed by atoms with E-state index in [2.05, 4.69) is 69.4 Å². The van der Waals surface area contributed by atoms with Gasteiger partial charge in [-0.1, -0.05) is 191 Å². The van der Waals surface area contributed by atoms with Crippen molar-refractivity contribution in [1.29, 1.82) is 0 Å². The molecule has 0 aromatic carbocycles. The third-order valence-corrected chi connectivity index (χ3v) is 12.0. The molecular formula is C57H104O8. The van der Waals surface area contributed by atoms with Crippen LogP contribution in [0.15, 0.2) is 48.6 Å². The molecule has 0 bridgehead atoms. The quantitative estimate of drug-likeness (QED) is 0.0239. The lowest BCUT2D eigenvalue weighted by Gasteiger charge is -2.21. The summed E-state index contributed by atoms with van der Waals surface area (Å²) in [5, 5.41) is 31.0. The zero-order chi connectivity index (χ0) is 47.5. The van der Waals surface area contributed by atoms with Crippen LogP contribution in [0.25, 0.3) is 0 Å². The Bertz CT molecular complexity index is 1130. The molecule has 0 saturated heterocycles. The third-order valence-electron chi connectivity index (χ3n) is 12.0. The topological polar surface area (TPSA) is 123 Å². The van der Waals surface area contributed by atoms with Gasteiger partial charge in [0.1, 0.15) is 19.3 Å². The van der Waals surface area contributed by atoms with Gasteiger partial charge in [0.2, 0.25) is 0 Å². The van der Waals surface area contributed by atoms with Crippen molar-refractivity contribution < 1.29 is 39.1 Å². The lowest BCUT2D eigenvalue weighted by molar-refractivity contribution is -0.183. The zero-order valence-electron chi connectivity index (χ0n) is 42.6. The zero-order valence-corrected chi connectivity index (χ0v) is 42.6. The van der Waals surface area contributed by atoms with E-state index in [0.29, 0.717) is 19.3 Å². The summed E-state index contributed by atoms with van der Waals surface area (Å²) in [5.74, 6) is -0.585. The predicted octanol–water partition coefficient (Wildman–Crippen LogP) is 15.6. The van der Waals surface area contributed by atoms with E-state index < -0.39 is 12.4 Å². The van der Waals surface area contributed by atoms with Crippen LogP contribution in [0.3, 0.4) is 0 Å². The second-order valence-electron chi connectivity index (χ2n) is 18.6. The van der Waals surface area contributed by atoms with Crippen molar-refractivity contribution in [2.45, 2.75) is 289 Å². The monoisotopic (exact) mass is 917 g/mol. The molecule has 8 heteroatoms. The molecule has 0 radical (unpaired) electrons. The smallest absolute Gasteiger partial charge is 0.305 e. The first-order chi connectivity index (χ1) is 31.8. The van der Waals surface area contributed by atoms with Crippen molar-refractivity contribution in [2.75, 3.05) is 13.2 Å². The first-order valence-electron chi connectivity index (χ1n) is 27.4. The molecule has 0 aliphatic carbocycles. The number of aliphatic hydroxyl groups excluding tert-OH is 3. The normalized spacial score (nSPS) is 14.0. The first-order valence-corrected chi connectivity index (χ1v) is 27.4. The van der Waals surface area contributed by atoms with E-state index in [4.69, 9.17) is 14.2 Å². The minimum absolute atomic E-state index is 0.0563. The second-order valence-corrected chi connectivity index (χ2v) is 18.6. The summed E-state index contributed by atoms with van der Waals surface area (Å²) in [7, 11) is 0. The fourth-order valence-electron chi connectivity index (χ4n) is 7.78. The molecule has 0 heterocycles. The lowest BCUT2D eigenvalue weighted by Crippen LogP contribution is -2.32. The molecule has 0 amide bonds. The van der Waals surface area contributed by atoms with Gasteiger partial charge in [0.25, 0.3) is 0 Å². The standard InChI is InChI=1S/C57H104O8/c1-4-7-10-13-14-15-16-17-18-19-20-21-28-33-40-47-55(60)63-50-54(65-57(62)49-42-35-30-25-23-27-32-39-46-53(59)44-37-12-9-6-3)51-64-56(61)48-41-34-29-24-22-26-31-38-45-52(58)43-36-11-8-5-2/h14-15,17-18,31-32,38-39,52-54,57-59,62H,4-13,16,19-30,33-37,40-51H2,1-3H3. The molecule has 0 saturated carbocycles. The Morgan fingerprint density at radius 3 is 1.18 bits per heavy atom. The number of esters is 2. The number of rotatable bonds is 50. The second kappa shape index (κ2) is 51.1. The molecule has 8 nitrogen and oxygen atoms in total.